The Morgan fingerprint density at radius 1 is 0.878 bits per heavy atom. The summed E-state index contributed by atoms with van der Waals surface area (Å²) in [6.07, 6.45) is 0.496. The summed E-state index contributed by atoms with van der Waals surface area (Å²) >= 11 is 6.40. The largest absolute Gasteiger partial charge is 0.468 e. The molecule has 0 spiro atoms. The van der Waals surface area contributed by atoms with Crippen molar-refractivity contribution >= 4 is 48.3 Å². The van der Waals surface area contributed by atoms with Crippen LogP contribution in [0.1, 0.15) is 37.0 Å². The maximum absolute atomic E-state index is 13.5. The topological polar surface area (TPSA) is 78.8 Å². The highest BCUT2D eigenvalue weighted by atomic mass is 35.5. The van der Waals surface area contributed by atoms with Crippen LogP contribution in [0.25, 0.3) is 33.3 Å². The third-order valence-electron chi connectivity index (χ3n) is 9.30. The van der Waals surface area contributed by atoms with Crippen LogP contribution in [0, 0.1) is 0 Å². The number of amides is 1. The number of ether oxygens (including phenoxy) is 3. The summed E-state index contributed by atoms with van der Waals surface area (Å²) in [7, 11) is 0.159. The number of carbonyl (C=O) groups excluding carboxylic acids is 2. The quantitative estimate of drug-likeness (QED) is 0.0799. The third kappa shape index (κ3) is 7.47. The Kier molecular flexibility index (Phi) is 10.0. The van der Waals surface area contributed by atoms with E-state index >= 15 is 0 Å². The molecule has 0 saturated heterocycles. The number of benzene rings is 4. The number of halogens is 1. The van der Waals surface area contributed by atoms with Crippen molar-refractivity contribution in [2.75, 3.05) is 19.0 Å². The summed E-state index contributed by atoms with van der Waals surface area (Å²) in [6, 6.07) is 32.9. The maximum atomic E-state index is 13.5. The van der Waals surface area contributed by atoms with E-state index in [0.717, 1.165) is 63.3 Å². The Morgan fingerprint density at radius 3 is 2.12 bits per heavy atom. The molecule has 1 aliphatic rings. The first-order valence-electron chi connectivity index (χ1n) is 16.7. The van der Waals surface area contributed by atoms with Gasteiger partial charge in [-0.25, -0.2) is 4.79 Å². The van der Waals surface area contributed by atoms with Crippen LogP contribution in [0.4, 0.5) is 10.5 Å². The summed E-state index contributed by atoms with van der Waals surface area (Å²) < 4.78 is 19.3. The highest BCUT2D eigenvalue weighted by molar-refractivity contribution is 6.76. The molecule has 0 bridgehead atoms. The van der Waals surface area contributed by atoms with Gasteiger partial charge in [-0.3, -0.25) is 10.1 Å². The highest BCUT2D eigenvalue weighted by Gasteiger charge is 2.52. The molecule has 1 fully saturated rings. The average Bonchev–Trinajstić information content (AvgIpc) is 3.85. The van der Waals surface area contributed by atoms with Gasteiger partial charge in [-0.2, -0.15) is 0 Å². The van der Waals surface area contributed by atoms with Gasteiger partial charge in [0.15, 0.2) is 0 Å². The van der Waals surface area contributed by atoms with Crippen molar-refractivity contribution in [3.05, 3.63) is 113 Å². The van der Waals surface area contributed by atoms with Crippen LogP contribution < -0.4 is 5.32 Å². The zero-order chi connectivity index (χ0) is 34.8. The summed E-state index contributed by atoms with van der Waals surface area (Å²) in [5, 5.41) is 4.51. The first-order valence-corrected chi connectivity index (χ1v) is 20.8. The van der Waals surface area contributed by atoms with Crippen molar-refractivity contribution in [3.8, 4) is 22.4 Å². The molecule has 0 unspecified atom stereocenters. The van der Waals surface area contributed by atoms with E-state index in [-0.39, 0.29) is 5.97 Å². The average molecular weight is 695 g/mol. The lowest BCUT2D eigenvalue weighted by atomic mass is 9.93. The van der Waals surface area contributed by atoms with Crippen molar-refractivity contribution in [2.24, 2.45) is 0 Å². The lowest BCUT2D eigenvalue weighted by Crippen LogP contribution is -2.22. The van der Waals surface area contributed by atoms with Crippen molar-refractivity contribution in [1.29, 1.82) is 0 Å². The fourth-order valence-corrected chi connectivity index (χ4v) is 7.34. The van der Waals surface area contributed by atoms with Crippen LogP contribution in [0.2, 0.25) is 30.7 Å². The molecule has 5 aromatic rings. The molecule has 0 radical (unpaired) electrons. The minimum Gasteiger partial charge on any atom is -0.468 e. The number of hydrogen-bond acceptors (Lipinski definition) is 5. The minimum atomic E-state index is -1.29. The van der Waals surface area contributed by atoms with Gasteiger partial charge in [-0.15, -0.1) is 0 Å². The minimum absolute atomic E-state index is 0.170. The predicted octanol–water partition coefficient (Wildman–Crippen LogP) is 10.5. The number of fused-ring (bicyclic) bond motifs is 1. The van der Waals surface area contributed by atoms with Gasteiger partial charge in [0.05, 0.1) is 29.4 Å². The Morgan fingerprint density at radius 2 is 1.49 bits per heavy atom. The molecule has 6 rings (SSSR count). The fraction of sp³-hybridized carbons (Fsp3) is 0.300. The second kappa shape index (κ2) is 14.2. The molecule has 49 heavy (non-hydrogen) atoms. The van der Waals surface area contributed by atoms with Gasteiger partial charge in [0, 0.05) is 36.2 Å². The molecule has 1 aliphatic carbocycles. The number of para-hydroxylation sites is 1. The molecular weight excluding hydrogens is 652 g/mol. The van der Waals surface area contributed by atoms with Gasteiger partial charge in [-0.1, -0.05) is 116 Å². The van der Waals surface area contributed by atoms with Crippen molar-refractivity contribution < 1.29 is 23.8 Å². The summed E-state index contributed by atoms with van der Waals surface area (Å²) in [6.45, 7) is 9.81. The number of nitrogens with one attached hydrogen (secondary N) is 1. The van der Waals surface area contributed by atoms with E-state index in [1.54, 1.807) is 6.07 Å². The summed E-state index contributed by atoms with van der Waals surface area (Å²) in [5.41, 5.74) is 6.64. The molecule has 9 heteroatoms. The van der Waals surface area contributed by atoms with E-state index < -0.39 is 25.7 Å². The second-order valence-corrected chi connectivity index (χ2v) is 20.0. The molecule has 4 aromatic carbocycles. The van der Waals surface area contributed by atoms with Crippen molar-refractivity contribution in [1.82, 2.24) is 4.57 Å². The fourth-order valence-electron chi connectivity index (χ4n) is 6.29. The number of nitrogens with zero attached hydrogens (tertiary/aromatic N) is 1. The molecule has 0 aliphatic heterocycles. The van der Waals surface area contributed by atoms with Gasteiger partial charge < -0.3 is 18.8 Å². The molecule has 1 atom stereocenters. The Bertz CT molecular complexity index is 1960. The Hall–Kier alpha value is -4.37. The standard InChI is InChI=1S/C40H43ClN2O5Si/c1-27(32-10-6-8-12-34(32)41)48-39(45)42-36-33-11-7-9-13-35(33)43(26-47-24-25-49(3,4)5)37(36)30-16-14-28(15-17-30)29-18-20-31(21-19-29)40(22-23-40)38(44)46-2/h6-21,27H,22-26H2,1-5H3,(H,42,45)/t27-/m1/s1. The molecule has 1 saturated carbocycles. The van der Waals surface area contributed by atoms with Crippen LogP contribution in [-0.2, 0) is 31.2 Å². The number of esters is 1. The first kappa shape index (κ1) is 34.5. The van der Waals surface area contributed by atoms with E-state index in [2.05, 4.69) is 65.9 Å². The van der Waals surface area contributed by atoms with E-state index in [4.69, 9.17) is 25.8 Å². The van der Waals surface area contributed by atoms with Gasteiger partial charge >= 0.3 is 12.1 Å². The molecule has 1 aromatic heterocycles. The molecular formula is C40H43ClN2O5Si. The number of anilines is 1. The van der Waals surface area contributed by atoms with Crippen molar-refractivity contribution in [2.45, 2.75) is 63.7 Å². The molecule has 1 heterocycles. The van der Waals surface area contributed by atoms with Gasteiger partial charge in [-0.05, 0) is 54.6 Å². The third-order valence-corrected chi connectivity index (χ3v) is 11.3. The lowest BCUT2D eigenvalue weighted by Gasteiger charge is -2.18. The monoisotopic (exact) mass is 694 g/mol. The zero-order valence-electron chi connectivity index (χ0n) is 28.7. The summed E-state index contributed by atoms with van der Waals surface area (Å²) in [4.78, 5) is 25.9. The van der Waals surface area contributed by atoms with Crippen LogP contribution in [0.3, 0.4) is 0 Å². The maximum Gasteiger partial charge on any atom is 0.412 e. The van der Waals surface area contributed by atoms with E-state index in [0.29, 0.717) is 24.0 Å². The SMILES string of the molecule is COC(=O)C1(c2ccc(-c3ccc(-c4c(NC(=O)O[C@H](C)c5ccccc5Cl)c5ccccc5n4COCC[Si](C)(C)C)cc3)cc2)CC1. The zero-order valence-corrected chi connectivity index (χ0v) is 30.5. The Balaban J connectivity index is 1.33. The normalized spacial score (nSPS) is 14.3. The van der Waals surface area contributed by atoms with E-state index in [1.807, 2.05) is 61.5 Å². The molecule has 254 valence electrons. The predicted molar refractivity (Wildman–Crippen MR) is 200 cm³/mol. The number of hydrogen-bond donors (Lipinski definition) is 1. The first-order chi connectivity index (χ1) is 23.5. The van der Waals surface area contributed by atoms with E-state index in [1.165, 1.54) is 7.11 Å². The van der Waals surface area contributed by atoms with Crippen LogP contribution in [0.5, 0.6) is 0 Å². The second-order valence-electron chi connectivity index (χ2n) is 13.9. The van der Waals surface area contributed by atoms with Gasteiger partial charge in [0.2, 0.25) is 0 Å². The van der Waals surface area contributed by atoms with Crippen LogP contribution in [-0.4, -0.2) is 38.4 Å². The van der Waals surface area contributed by atoms with Crippen molar-refractivity contribution in [3.63, 3.8) is 0 Å². The van der Waals surface area contributed by atoms with Gasteiger partial charge in [0.25, 0.3) is 0 Å². The number of carbonyl (C=O) groups is 2. The van der Waals surface area contributed by atoms with Crippen LogP contribution in [0.15, 0.2) is 97.1 Å². The number of aromatic nitrogens is 1. The highest BCUT2D eigenvalue weighted by Crippen LogP contribution is 2.49. The lowest BCUT2D eigenvalue weighted by molar-refractivity contribution is -0.143. The van der Waals surface area contributed by atoms with Gasteiger partial charge in [0.1, 0.15) is 12.8 Å². The summed E-state index contributed by atoms with van der Waals surface area (Å²) in [5.74, 6) is -0.170. The molecule has 1 amide bonds. The number of methoxy groups -OCH3 is 1. The Labute approximate surface area is 294 Å². The molecule has 7 nitrogen and oxygen atoms in total. The van der Waals surface area contributed by atoms with E-state index in [9.17, 15) is 9.59 Å². The smallest absolute Gasteiger partial charge is 0.412 e. The number of rotatable bonds is 12. The molecule has 1 N–H and O–H groups in total. The van der Waals surface area contributed by atoms with Crippen LogP contribution >= 0.6 is 11.6 Å².